The summed E-state index contributed by atoms with van der Waals surface area (Å²) in [4.78, 5) is 23.3. The van der Waals surface area contributed by atoms with Crippen molar-refractivity contribution in [1.82, 2.24) is 0 Å². The average Bonchev–Trinajstić information content (AvgIpc) is 2.85. The van der Waals surface area contributed by atoms with Crippen molar-refractivity contribution in [2.45, 2.75) is 6.92 Å². The van der Waals surface area contributed by atoms with Crippen LogP contribution in [0.4, 0.5) is 5.69 Å². The molecule has 2 rings (SSSR count). The number of rotatable bonds is 4. The van der Waals surface area contributed by atoms with Crippen molar-refractivity contribution in [3.8, 4) is 0 Å². The van der Waals surface area contributed by atoms with Crippen LogP contribution in [-0.4, -0.2) is 18.5 Å². The van der Waals surface area contributed by atoms with E-state index in [2.05, 4.69) is 5.32 Å². The molecule has 0 bridgehead atoms. The number of hydrogen-bond acceptors (Lipinski definition) is 4. The predicted molar refractivity (Wildman–Crippen MR) is 73.8 cm³/mol. The van der Waals surface area contributed by atoms with E-state index >= 15 is 0 Å². The van der Waals surface area contributed by atoms with E-state index in [9.17, 15) is 9.59 Å². The van der Waals surface area contributed by atoms with Gasteiger partial charge in [0, 0.05) is 0 Å². The van der Waals surface area contributed by atoms with Crippen molar-refractivity contribution in [3.05, 3.63) is 52.9 Å². The lowest BCUT2D eigenvalue weighted by molar-refractivity contribution is -0.119. The summed E-state index contributed by atoms with van der Waals surface area (Å²) in [6.07, 6.45) is 1.38. The molecule has 1 aromatic heterocycles. The second-order valence-corrected chi connectivity index (χ2v) is 4.40. The van der Waals surface area contributed by atoms with Crippen molar-refractivity contribution in [1.29, 1.82) is 0 Å². The Balaban J connectivity index is 1.89. The Morgan fingerprint density at radius 2 is 2.05 bits per heavy atom. The summed E-state index contributed by atoms with van der Waals surface area (Å²) in [6.45, 7) is 1.25. The maximum Gasteiger partial charge on any atom is 0.342 e. The molecule has 104 valence electrons. The molecule has 1 amide bonds. The fourth-order valence-corrected chi connectivity index (χ4v) is 1.74. The van der Waals surface area contributed by atoms with Crippen molar-refractivity contribution >= 4 is 29.2 Å². The first-order valence-corrected chi connectivity index (χ1v) is 6.21. The lowest BCUT2D eigenvalue weighted by Crippen LogP contribution is -2.21. The molecular formula is C14H12ClNO4. The molecule has 1 heterocycles. The Morgan fingerprint density at radius 3 is 2.70 bits per heavy atom. The molecule has 0 radical (unpaired) electrons. The number of anilines is 1. The molecule has 0 atom stereocenters. The Bertz CT molecular complexity index is 636. The molecule has 0 spiro atoms. The van der Waals surface area contributed by atoms with Crippen LogP contribution in [0.5, 0.6) is 0 Å². The van der Waals surface area contributed by atoms with E-state index in [0.29, 0.717) is 22.0 Å². The second-order valence-electron chi connectivity index (χ2n) is 3.99. The number of furan rings is 1. The zero-order valence-electron chi connectivity index (χ0n) is 10.7. The fourth-order valence-electron chi connectivity index (χ4n) is 1.55. The van der Waals surface area contributed by atoms with Gasteiger partial charge in [-0.25, -0.2) is 4.79 Å². The summed E-state index contributed by atoms with van der Waals surface area (Å²) in [6, 6.07) is 8.28. The lowest BCUT2D eigenvalue weighted by atomic mass is 10.3. The van der Waals surface area contributed by atoms with E-state index in [-0.39, 0.29) is 0 Å². The Morgan fingerprint density at radius 1 is 1.30 bits per heavy atom. The first-order valence-electron chi connectivity index (χ1n) is 5.83. The highest BCUT2D eigenvalue weighted by Gasteiger charge is 2.15. The van der Waals surface area contributed by atoms with E-state index in [4.69, 9.17) is 20.8 Å². The highest BCUT2D eigenvalue weighted by molar-refractivity contribution is 6.33. The van der Waals surface area contributed by atoms with Crippen LogP contribution < -0.4 is 5.32 Å². The van der Waals surface area contributed by atoms with Crippen molar-refractivity contribution in [3.63, 3.8) is 0 Å². The summed E-state index contributed by atoms with van der Waals surface area (Å²) in [5.74, 6) is -0.625. The first-order chi connectivity index (χ1) is 9.58. The van der Waals surface area contributed by atoms with Gasteiger partial charge in [-0.15, -0.1) is 0 Å². The normalized spacial score (nSPS) is 10.1. The van der Waals surface area contributed by atoms with Crippen LogP contribution in [0.1, 0.15) is 16.1 Å². The highest BCUT2D eigenvalue weighted by atomic mass is 35.5. The Labute approximate surface area is 120 Å². The molecule has 0 aliphatic heterocycles. The molecule has 0 aliphatic carbocycles. The third-order valence-corrected chi connectivity index (χ3v) is 2.89. The van der Waals surface area contributed by atoms with E-state index in [1.807, 2.05) is 0 Å². The quantitative estimate of drug-likeness (QED) is 0.880. The third-order valence-electron chi connectivity index (χ3n) is 2.56. The second kappa shape index (κ2) is 6.25. The number of aryl methyl sites for hydroxylation is 1. The number of halogens is 1. The van der Waals surface area contributed by atoms with Gasteiger partial charge in [-0.3, -0.25) is 4.79 Å². The maximum atomic E-state index is 11.7. The molecule has 5 nitrogen and oxygen atoms in total. The summed E-state index contributed by atoms with van der Waals surface area (Å²) in [5, 5.41) is 2.97. The Kier molecular flexibility index (Phi) is 4.42. The SMILES string of the molecule is Cc1occc1C(=O)OCC(=O)Nc1ccccc1Cl. The number of esters is 1. The minimum Gasteiger partial charge on any atom is -0.469 e. The van der Waals surface area contributed by atoms with Gasteiger partial charge in [-0.2, -0.15) is 0 Å². The molecule has 0 unspecified atom stereocenters. The number of carbonyl (C=O) groups excluding carboxylic acids is 2. The lowest BCUT2D eigenvalue weighted by Gasteiger charge is -2.07. The predicted octanol–water partition coefficient (Wildman–Crippen LogP) is 3.04. The topological polar surface area (TPSA) is 68.5 Å². The number of carbonyl (C=O) groups is 2. The number of para-hydroxylation sites is 1. The van der Waals surface area contributed by atoms with Gasteiger partial charge >= 0.3 is 5.97 Å². The van der Waals surface area contributed by atoms with Crippen LogP contribution in [-0.2, 0) is 9.53 Å². The highest BCUT2D eigenvalue weighted by Crippen LogP contribution is 2.20. The van der Waals surface area contributed by atoms with Crippen LogP contribution in [0.2, 0.25) is 5.02 Å². The molecule has 0 aliphatic rings. The van der Waals surface area contributed by atoms with Crippen molar-refractivity contribution in [2.24, 2.45) is 0 Å². The number of benzene rings is 1. The zero-order chi connectivity index (χ0) is 14.5. The molecule has 2 aromatic rings. The number of amides is 1. The van der Waals surface area contributed by atoms with E-state index in [1.54, 1.807) is 31.2 Å². The molecule has 1 N–H and O–H groups in total. The zero-order valence-corrected chi connectivity index (χ0v) is 11.4. The van der Waals surface area contributed by atoms with Gasteiger partial charge in [0.2, 0.25) is 0 Å². The number of nitrogens with one attached hydrogen (secondary N) is 1. The van der Waals surface area contributed by atoms with E-state index < -0.39 is 18.5 Å². The standard InChI is InChI=1S/C14H12ClNO4/c1-9-10(6-7-19-9)14(18)20-8-13(17)16-12-5-3-2-4-11(12)15/h2-7H,8H2,1H3,(H,16,17). The van der Waals surface area contributed by atoms with Crippen LogP contribution in [0.25, 0.3) is 0 Å². The molecule has 0 saturated heterocycles. The molecule has 6 heteroatoms. The van der Waals surface area contributed by atoms with Gasteiger partial charge in [0.1, 0.15) is 11.3 Å². The summed E-state index contributed by atoms with van der Waals surface area (Å²) < 4.78 is 9.87. The van der Waals surface area contributed by atoms with Gasteiger partial charge < -0.3 is 14.5 Å². The minimum absolute atomic E-state index is 0.301. The fraction of sp³-hybridized carbons (Fsp3) is 0.143. The van der Waals surface area contributed by atoms with Crippen molar-refractivity contribution < 1.29 is 18.7 Å². The maximum absolute atomic E-state index is 11.7. The van der Waals surface area contributed by atoms with Gasteiger partial charge in [0.25, 0.3) is 5.91 Å². The largest absolute Gasteiger partial charge is 0.469 e. The molecule has 1 aromatic carbocycles. The van der Waals surface area contributed by atoms with Gasteiger partial charge in [-0.05, 0) is 25.1 Å². The number of hydrogen-bond donors (Lipinski definition) is 1. The Hall–Kier alpha value is -2.27. The van der Waals surface area contributed by atoms with Crippen molar-refractivity contribution in [2.75, 3.05) is 11.9 Å². The molecule has 20 heavy (non-hydrogen) atoms. The molecular weight excluding hydrogens is 282 g/mol. The molecule has 0 saturated carbocycles. The van der Waals surface area contributed by atoms with E-state index in [0.717, 1.165) is 0 Å². The van der Waals surface area contributed by atoms with Gasteiger partial charge in [0.15, 0.2) is 6.61 Å². The van der Waals surface area contributed by atoms with Crippen LogP contribution in [0, 0.1) is 6.92 Å². The molecule has 0 fully saturated rings. The summed E-state index contributed by atoms with van der Waals surface area (Å²) in [5.41, 5.74) is 0.769. The van der Waals surface area contributed by atoms with Crippen LogP contribution in [0.15, 0.2) is 41.0 Å². The smallest absolute Gasteiger partial charge is 0.342 e. The third kappa shape index (κ3) is 3.39. The summed E-state index contributed by atoms with van der Waals surface area (Å²) >= 11 is 5.90. The van der Waals surface area contributed by atoms with Gasteiger partial charge in [-0.1, -0.05) is 23.7 Å². The summed E-state index contributed by atoms with van der Waals surface area (Å²) in [7, 11) is 0. The monoisotopic (exact) mass is 293 g/mol. The first kappa shape index (κ1) is 14.1. The van der Waals surface area contributed by atoms with Gasteiger partial charge in [0.05, 0.1) is 17.0 Å². The van der Waals surface area contributed by atoms with E-state index in [1.165, 1.54) is 12.3 Å². The van der Waals surface area contributed by atoms with Crippen LogP contribution >= 0.6 is 11.6 Å². The minimum atomic E-state index is -0.606. The average molecular weight is 294 g/mol. The van der Waals surface area contributed by atoms with Crippen LogP contribution in [0.3, 0.4) is 0 Å². The number of ether oxygens (including phenoxy) is 1.